The maximum atomic E-state index is 13.6. The third kappa shape index (κ3) is 4.50. The number of amides is 1. The molecule has 1 aliphatic heterocycles. The van der Waals surface area contributed by atoms with E-state index >= 15 is 0 Å². The van der Waals surface area contributed by atoms with E-state index in [-0.39, 0.29) is 29.7 Å². The van der Waals surface area contributed by atoms with E-state index in [0.29, 0.717) is 37.4 Å². The fourth-order valence-corrected chi connectivity index (χ4v) is 3.76. The zero-order valence-corrected chi connectivity index (χ0v) is 17.0. The standard InChI is InChI=1S/C22H22F2N4O3/c1-31-19-8-6-16(24)12-18(19)21(29)25-17-7-9-20-26-28(22(30)27(20)11-10-17)13-14-2-4-15(23)5-3-14/h2-6,8,12,17H,7,9-11,13H2,1H3,(H,25,29). The molecule has 0 spiro atoms. The molecule has 162 valence electrons. The first-order valence-electron chi connectivity index (χ1n) is 10.00. The molecular weight excluding hydrogens is 406 g/mol. The highest BCUT2D eigenvalue weighted by Crippen LogP contribution is 2.20. The van der Waals surface area contributed by atoms with Gasteiger partial charge in [0, 0.05) is 19.0 Å². The number of nitrogens with zero attached hydrogens (tertiary/aromatic N) is 3. The van der Waals surface area contributed by atoms with Crippen molar-refractivity contribution in [2.24, 2.45) is 0 Å². The van der Waals surface area contributed by atoms with Crippen molar-refractivity contribution in [3.8, 4) is 5.75 Å². The molecule has 0 fully saturated rings. The normalized spacial score (nSPS) is 15.8. The van der Waals surface area contributed by atoms with Crippen molar-refractivity contribution in [2.45, 2.75) is 38.4 Å². The quantitative estimate of drug-likeness (QED) is 0.678. The summed E-state index contributed by atoms with van der Waals surface area (Å²) in [6.45, 7) is 0.668. The molecule has 0 saturated carbocycles. The van der Waals surface area contributed by atoms with E-state index in [1.54, 1.807) is 16.7 Å². The molecule has 0 radical (unpaired) electrons. The Kier molecular flexibility index (Phi) is 5.83. The van der Waals surface area contributed by atoms with Crippen LogP contribution in [-0.4, -0.2) is 33.4 Å². The average molecular weight is 428 g/mol. The third-order valence-electron chi connectivity index (χ3n) is 5.40. The maximum Gasteiger partial charge on any atom is 0.346 e. The summed E-state index contributed by atoms with van der Waals surface area (Å²) in [6, 6.07) is 9.55. The van der Waals surface area contributed by atoms with Crippen LogP contribution in [0.4, 0.5) is 8.78 Å². The topological polar surface area (TPSA) is 78.2 Å². The number of carbonyl (C=O) groups excluding carboxylic acids is 1. The summed E-state index contributed by atoms with van der Waals surface area (Å²) >= 11 is 0. The Bertz CT molecular complexity index is 1150. The number of nitrogens with one attached hydrogen (secondary N) is 1. The molecule has 2 aromatic carbocycles. The minimum atomic E-state index is -0.520. The largest absolute Gasteiger partial charge is 0.496 e. The van der Waals surface area contributed by atoms with Gasteiger partial charge in [-0.15, -0.1) is 0 Å². The van der Waals surface area contributed by atoms with Gasteiger partial charge in [-0.1, -0.05) is 12.1 Å². The Hall–Kier alpha value is -3.49. The number of fused-ring (bicyclic) bond motifs is 1. The predicted octanol–water partition coefficient (Wildman–Crippen LogP) is 2.51. The first-order chi connectivity index (χ1) is 14.9. The minimum absolute atomic E-state index is 0.131. The number of carbonyl (C=O) groups is 1. The van der Waals surface area contributed by atoms with E-state index in [9.17, 15) is 18.4 Å². The Morgan fingerprint density at radius 3 is 2.65 bits per heavy atom. The van der Waals surface area contributed by atoms with Crippen LogP contribution in [0.25, 0.3) is 0 Å². The highest BCUT2D eigenvalue weighted by molar-refractivity contribution is 5.97. The fourth-order valence-electron chi connectivity index (χ4n) is 3.76. The smallest absolute Gasteiger partial charge is 0.346 e. The minimum Gasteiger partial charge on any atom is -0.496 e. The summed E-state index contributed by atoms with van der Waals surface area (Å²) in [7, 11) is 1.42. The van der Waals surface area contributed by atoms with Crippen LogP contribution in [0.2, 0.25) is 0 Å². The molecular formula is C22H22F2N4O3. The number of methoxy groups -OCH3 is 1. The van der Waals surface area contributed by atoms with E-state index in [2.05, 4.69) is 10.4 Å². The lowest BCUT2D eigenvalue weighted by Gasteiger charge is -2.17. The van der Waals surface area contributed by atoms with Crippen LogP contribution >= 0.6 is 0 Å². The first-order valence-corrected chi connectivity index (χ1v) is 10.00. The summed E-state index contributed by atoms with van der Waals surface area (Å²) in [6.07, 6.45) is 1.64. The molecule has 31 heavy (non-hydrogen) atoms. The van der Waals surface area contributed by atoms with Crippen LogP contribution in [0.5, 0.6) is 5.75 Å². The van der Waals surface area contributed by atoms with E-state index in [1.165, 1.54) is 36.1 Å². The summed E-state index contributed by atoms with van der Waals surface area (Å²) in [4.78, 5) is 25.4. The van der Waals surface area contributed by atoms with Crippen molar-refractivity contribution in [1.29, 1.82) is 0 Å². The van der Waals surface area contributed by atoms with Crippen LogP contribution in [0.15, 0.2) is 47.3 Å². The lowest BCUT2D eigenvalue weighted by atomic mass is 10.1. The molecule has 0 saturated heterocycles. The van der Waals surface area contributed by atoms with Gasteiger partial charge in [0.05, 0.1) is 19.2 Å². The zero-order chi connectivity index (χ0) is 22.0. The highest BCUT2D eigenvalue weighted by atomic mass is 19.1. The fraction of sp³-hybridized carbons (Fsp3) is 0.318. The van der Waals surface area contributed by atoms with E-state index in [0.717, 1.165) is 11.6 Å². The molecule has 3 aromatic rings. The van der Waals surface area contributed by atoms with Crippen molar-refractivity contribution < 1.29 is 18.3 Å². The number of halogens is 2. The Balaban J connectivity index is 1.44. The van der Waals surface area contributed by atoms with E-state index < -0.39 is 11.7 Å². The number of ether oxygens (including phenoxy) is 1. The van der Waals surface area contributed by atoms with Crippen LogP contribution in [0, 0.1) is 11.6 Å². The van der Waals surface area contributed by atoms with E-state index in [4.69, 9.17) is 4.74 Å². The second-order valence-electron chi connectivity index (χ2n) is 7.48. The molecule has 2 heterocycles. The highest BCUT2D eigenvalue weighted by Gasteiger charge is 2.23. The van der Waals surface area contributed by atoms with Crippen molar-refractivity contribution in [3.63, 3.8) is 0 Å². The first kappa shape index (κ1) is 20.8. The molecule has 1 aliphatic rings. The lowest BCUT2D eigenvalue weighted by molar-refractivity contribution is 0.0929. The summed E-state index contributed by atoms with van der Waals surface area (Å²) in [5.41, 5.74) is 0.676. The van der Waals surface area contributed by atoms with Gasteiger partial charge < -0.3 is 10.1 Å². The van der Waals surface area contributed by atoms with Crippen LogP contribution in [0.1, 0.15) is 34.6 Å². The molecule has 0 aliphatic carbocycles. The van der Waals surface area contributed by atoms with Crippen LogP contribution in [0.3, 0.4) is 0 Å². The number of hydrogen-bond donors (Lipinski definition) is 1. The van der Waals surface area contributed by atoms with Crippen LogP contribution in [-0.2, 0) is 19.5 Å². The number of aromatic nitrogens is 3. The van der Waals surface area contributed by atoms with Crippen molar-refractivity contribution in [2.75, 3.05) is 7.11 Å². The Labute approximate surface area is 177 Å². The van der Waals surface area contributed by atoms with Gasteiger partial charge in [-0.05, 0) is 48.7 Å². The third-order valence-corrected chi connectivity index (χ3v) is 5.40. The summed E-state index contributed by atoms with van der Waals surface area (Å²) in [5.74, 6) is -0.333. The number of aryl methyl sites for hydroxylation is 1. The number of benzene rings is 2. The number of rotatable bonds is 5. The van der Waals surface area contributed by atoms with Gasteiger partial charge in [-0.3, -0.25) is 9.36 Å². The number of hydrogen-bond acceptors (Lipinski definition) is 4. The monoisotopic (exact) mass is 428 g/mol. The molecule has 7 nitrogen and oxygen atoms in total. The molecule has 1 amide bonds. The van der Waals surface area contributed by atoms with E-state index in [1.807, 2.05) is 0 Å². The molecule has 1 aromatic heterocycles. The van der Waals surface area contributed by atoms with Gasteiger partial charge >= 0.3 is 5.69 Å². The Morgan fingerprint density at radius 1 is 1.16 bits per heavy atom. The van der Waals surface area contributed by atoms with Gasteiger partial charge in [0.1, 0.15) is 23.2 Å². The van der Waals surface area contributed by atoms with Gasteiger partial charge in [-0.2, -0.15) is 5.10 Å². The molecule has 4 rings (SSSR count). The molecule has 1 unspecified atom stereocenters. The SMILES string of the molecule is COc1ccc(F)cc1C(=O)NC1CCc2nn(Cc3ccc(F)cc3)c(=O)n2CC1. The second-order valence-corrected chi connectivity index (χ2v) is 7.48. The molecule has 1 N–H and O–H groups in total. The Morgan fingerprint density at radius 2 is 1.90 bits per heavy atom. The van der Waals surface area contributed by atoms with Crippen LogP contribution < -0.4 is 15.7 Å². The molecule has 9 heteroatoms. The maximum absolute atomic E-state index is 13.6. The van der Waals surface area contributed by atoms with Gasteiger partial charge in [0.25, 0.3) is 5.91 Å². The van der Waals surface area contributed by atoms with Crippen molar-refractivity contribution in [1.82, 2.24) is 19.7 Å². The van der Waals surface area contributed by atoms with Crippen molar-refractivity contribution >= 4 is 5.91 Å². The summed E-state index contributed by atoms with van der Waals surface area (Å²) < 4.78 is 34.8. The predicted molar refractivity (Wildman–Crippen MR) is 109 cm³/mol. The summed E-state index contributed by atoms with van der Waals surface area (Å²) in [5, 5.41) is 7.34. The molecule has 1 atom stereocenters. The average Bonchev–Trinajstić information content (AvgIpc) is 2.92. The van der Waals surface area contributed by atoms with Gasteiger partial charge in [-0.25, -0.2) is 18.3 Å². The molecule has 0 bridgehead atoms. The second kappa shape index (κ2) is 8.71. The van der Waals surface area contributed by atoms with Gasteiger partial charge in [0.15, 0.2) is 0 Å². The lowest BCUT2D eigenvalue weighted by Crippen LogP contribution is -2.36. The van der Waals surface area contributed by atoms with Crippen molar-refractivity contribution in [3.05, 3.63) is 81.5 Å². The zero-order valence-electron chi connectivity index (χ0n) is 17.0. The van der Waals surface area contributed by atoms with Gasteiger partial charge in [0.2, 0.25) is 0 Å².